The van der Waals surface area contributed by atoms with Crippen LogP contribution in [-0.4, -0.2) is 25.7 Å². The van der Waals surface area contributed by atoms with Crippen LogP contribution in [0.3, 0.4) is 0 Å². The van der Waals surface area contributed by atoms with Gasteiger partial charge in [0, 0.05) is 24.2 Å². The highest BCUT2D eigenvalue weighted by Gasteiger charge is 2.30. The molecule has 1 aromatic carbocycles. The molecule has 0 fully saturated rings. The van der Waals surface area contributed by atoms with Crippen LogP contribution in [0.1, 0.15) is 21.6 Å². The second kappa shape index (κ2) is 7.04. The molecule has 3 aromatic heterocycles. The molecule has 7 nitrogen and oxygen atoms in total. The van der Waals surface area contributed by atoms with Gasteiger partial charge in [0.25, 0.3) is 0 Å². The number of benzene rings is 1. The molecule has 4 aromatic rings. The second-order valence-corrected chi connectivity index (χ2v) is 6.20. The third-order valence-corrected chi connectivity index (χ3v) is 4.17. The van der Waals surface area contributed by atoms with E-state index in [1.165, 1.54) is 24.6 Å². The Kier molecular flexibility index (Phi) is 4.53. The van der Waals surface area contributed by atoms with Crippen LogP contribution >= 0.6 is 0 Å². The molecule has 0 bridgehead atoms. The molecule has 29 heavy (non-hydrogen) atoms. The first-order valence-electron chi connectivity index (χ1n) is 8.38. The zero-order valence-electron chi connectivity index (χ0n) is 15.0. The van der Waals surface area contributed by atoms with Gasteiger partial charge in [-0.3, -0.25) is 4.68 Å². The van der Waals surface area contributed by atoms with Crippen molar-refractivity contribution in [2.45, 2.75) is 12.8 Å². The van der Waals surface area contributed by atoms with Crippen LogP contribution in [0.2, 0.25) is 0 Å². The lowest BCUT2D eigenvalue weighted by molar-refractivity contribution is -0.137. The first-order valence-corrected chi connectivity index (χ1v) is 8.38. The Balaban J connectivity index is 1.42. The molecule has 10 heteroatoms. The van der Waals surface area contributed by atoms with Gasteiger partial charge in [-0.15, -0.1) is 0 Å². The molecule has 0 aliphatic carbocycles. The summed E-state index contributed by atoms with van der Waals surface area (Å²) in [5.41, 5.74) is 0.836. The number of ether oxygens (including phenoxy) is 1. The summed E-state index contributed by atoms with van der Waals surface area (Å²) < 4.78 is 50.0. The average Bonchev–Trinajstić information content (AvgIpc) is 3.32. The minimum atomic E-state index is -4.41. The number of carbonyl (C=O) groups excluding carboxylic acids is 1. The van der Waals surface area contributed by atoms with E-state index in [2.05, 4.69) is 15.1 Å². The van der Waals surface area contributed by atoms with Crippen molar-refractivity contribution in [1.29, 1.82) is 0 Å². The van der Waals surface area contributed by atoms with Crippen LogP contribution in [0.25, 0.3) is 22.5 Å². The fraction of sp³-hybridized carbons (Fsp3) is 0.158. The van der Waals surface area contributed by atoms with Crippen LogP contribution in [0.15, 0.2) is 53.4 Å². The van der Waals surface area contributed by atoms with Crippen molar-refractivity contribution >= 4 is 17.0 Å². The molecule has 0 amide bonds. The van der Waals surface area contributed by atoms with Gasteiger partial charge in [0.2, 0.25) is 5.89 Å². The highest BCUT2D eigenvalue weighted by atomic mass is 19.4. The first kappa shape index (κ1) is 18.7. The molecule has 0 saturated heterocycles. The van der Waals surface area contributed by atoms with Gasteiger partial charge in [-0.2, -0.15) is 18.3 Å². The number of fused-ring (bicyclic) bond motifs is 1. The van der Waals surface area contributed by atoms with Crippen molar-refractivity contribution < 1.29 is 27.1 Å². The number of carbonyl (C=O) groups is 1. The Hall–Kier alpha value is -3.69. The predicted molar refractivity (Wildman–Crippen MR) is 94.6 cm³/mol. The molecular formula is C19H13F3N4O3. The number of aryl methyl sites for hydroxylation is 1. The molecule has 148 valence electrons. The lowest BCUT2D eigenvalue weighted by Crippen LogP contribution is -2.06. The van der Waals surface area contributed by atoms with Crippen molar-refractivity contribution in [3.63, 3.8) is 0 Å². The molecule has 0 unspecified atom stereocenters. The highest BCUT2D eigenvalue weighted by Crippen LogP contribution is 2.30. The number of hydrogen-bond donors (Lipinski definition) is 0. The van der Waals surface area contributed by atoms with Gasteiger partial charge in [0.1, 0.15) is 18.6 Å². The molecule has 0 spiro atoms. The summed E-state index contributed by atoms with van der Waals surface area (Å²) >= 11 is 0. The van der Waals surface area contributed by atoms with E-state index in [1.54, 1.807) is 24.0 Å². The lowest BCUT2D eigenvalue weighted by atomic mass is 10.1. The Morgan fingerprint density at radius 2 is 1.97 bits per heavy atom. The van der Waals surface area contributed by atoms with E-state index >= 15 is 0 Å². The fourth-order valence-corrected chi connectivity index (χ4v) is 2.69. The number of nitrogens with zero attached hydrogens (tertiary/aromatic N) is 4. The van der Waals surface area contributed by atoms with Gasteiger partial charge >= 0.3 is 12.1 Å². The van der Waals surface area contributed by atoms with Crippen LogP contribution in [0, 0.1) is 0 Å². The molecular weight excluding hydrogens is 389 g/mol. The fourth-order valence-electron chi connectivity index (χ4n) is 2.69. The molecule has 0 atom stereocenters. The van der Waals surface area contributed by atoms with E-state index < -0.39 is 17.7 Å². The summed E-state index contributed by atoms with van der Waals surface area (Å²) in [5, 5.41) is 4.76. The predicted octanol–water partition coefficient (Wildman–Crippen LogP) is 4.00. The summed E-state index contributed by atoms with van der Waals surface area (Å²) in [6.07, 6.45) is -0.152. The smallest absolute Gasteiger partial charge is 0.416 e. The number of alkyl halides is 3. The van der Waals surface area contributed by atoms with Crippen molar-refractivity contribution in [2.24, 2.45) is 7.05 Å². The number of halogens is 3. The molecule has 4 rings (SSSR count). The average molecular weight is 402 g/mol. The van der Waals surface area contributed by atoms with E-state index in [0.29, 0.717) is 22.3 Å². The minimum absolute atomic E-state index is 0.128. The number of pyridine rings is 1. The topological polar surface area (TPSA) is 83.0 Å². The second-order valence-electron chi connectivity index (χ2n) is 6.20. The summed E-state index contributed by atoms with van der Waals surface area (Å²) in [6, 6.07) is 6.04. The molecule has 0 aliphatic rings. The van der Waals surface area contributed by atoms with E-state index in [1.807, 2.05) is 0 Å². The molecule has 0 saturated carbocycles. The van der Waals surface area contributed by atoms with Gasteiger partial charge in [-0.25, -0.2) is 14.8 Å². The summed E-state index contributed by atoms with van der Waals surface area (Å²) in [4.78, 5) is 20.5. The Labute approximate surface area is 161 Å². The lowest BCUT2D eigenvalue weighted by Gasteiger charge is -2.06. The van der Waals surface area contributed by atoms with E-state index in [0.717, 1.165) is 12.1 Å². The zero-order chi connectivity index (χ0) is 20.6. The van der Waals surface area contributed by atoms with Gasteiger partial charge in [-0.1, -0.05) is 0 Å². The molecule has 3 heterocycles. The normalized spacial score (nSPS) is 11.7. The summed E-state index contributed by atoms with van der Waals surface area (Å²) in [7, 11) is 1.74. The van der Waals surface area contributed by atoms with Crippen molar-refractivity contribution in [3.05, 3.63) is 65.8 Å². The maximum absolute atomic E-state index is 12.6. The number of hydrogen-bond acceptors (Lipinski definition) is 6. The monoisotopic (exact) mass is 402 g/mol. The van der Waals surface area contributed by atoms with Crippen molar-refractivity contribution in [3.8, 4) is 11.5 Å². The number of esters is 1. The van der Waals surface area contributed by atoms with Gasteiger partial charge in [0.15, 0.2) is 5.65 Å². The Bertz CT molecular complexity index is 1180. The van der Waals surface area contributed by atoms with Crippen LogP contribution < -0.4 is 0 Å². The van der Waals surface area contributed by atoms with E-state index in [4.69, 9.17) is 9.15 Å². The highest BCUT2D eigenvalue weighted by molar-refractivity contribution is 5.92. The third kappa shape index (κ3) is 3.82. The van der Waals surface area contributed by atoms with E-state index in [-0.39, 0.29) is 18.1 Å². The van der Waals surface area contributed by atoms with Gasteiger partial charge in [-0.05, 0) is 30.3 Å². The Morgan fingerprint density at radius 1 is 1.21 bits per heavy atom. The minimum Gasteiger partial charge on any atom is -0.455 e. The quantitative estimate of drug-likeness (QED) is 0.480. The van der Waals surface area contributed by atoms with Crippen LogP contribution in [0.5, 0.6) is 0 Å². The summed E-state index contributed by atoms with van der Waals surface area (Å²) in [6.45, 7) is -0.159. The van der Waals surface area contributed by atoms with Crippen LogP contribution in [-0.2, 0) is 24.6 Å². The largest absolute Gasteiger partial charge is 0.455 e. The molecule has 0 radical (unpaired) electrons. The molecule has 0 N–H and O–H groups in total. The molecule has 0 aliphatic heterocycles. The summed E-state index contributed by atoms with van der Waals surface area (Å²) in [5.74, 6) is -0.467. The maximum Gasteiger partial charge on any atom is 0.416 e. The number of aromatic nitrogens is 4. The van der Waals surface area contributed by atoms with Crippen molar-refractivity contribution in [2.75, 3.05) is 0 Å². The maximum atomic E-state index is 12.6. The third-order valence-electron chi connectivity index (χ3n) is 4.17. The first-order chi connectivity index (χ1) is 13.8. The van der Waals surface area contributed by atoms with Gasteiger partial charge < -0.3 is 9.15 Å². The standard InChI is InChI=1S/C19H13F3N4O3/c1-26-16-12(8-24-26)6-13(7-23-16)18(27)29-10-15-9-28-17(25-15)11-2-4-14(5-3-11)19(20,21)22/h2-9H,10H2,1H3. The zero-order valence-corrected chi connectivity index (χ0v) is 15.0. The number of oxazole rings is 1. The number of rotatable bonds is 4. The van der Waals surface area contributed by atoms with Crippen LogP contribution in [0.4, 0.5) is 13.2 Å². The van der Waals surface area contributed by atoms with E-state index in [9.17, 15) is 18.0 Å². The van der Waals surface area contributed by atoms with Crippen molar-refractivity contribution in [1.82, 2.24) is 19.7 Å². The Morgan fingerprint density at radius 3 is 2.69 bits per heavy atom. The van der Waals surface area contributed by atoms with Gasteiger partial charge in [0.05, 0.1) is 17.3 Å². The SMILES string of the molecule is Cn1ncc2cc(C(=O)OCc3coc(-c4ccc(C(F)(F)F)cc4)n3)cnc21.